The highest BCUT2D eigenvalue weighted by molar-refractivity contribution is 7.09. The maximum atomic E-state index is 4.71. The van der Waals surface area contributed by atoms with Gasteiger partial charge >= 0.3 is 0 Å². The zero-order valence-electron chi connectivity index (χ0n) is 13.1. The van der Waals surface area contributed by atoms with Crippen molar-refractivity contribution < 1.29 is 0 Å². The van der Waals surface area contributed by atoms with E-state index >= 15 is 0 Å². The molecule has 1 saturated heterocycles. The van der Waals surface area contributed by atoms with E-state index in [2.05, 4.69) is 41.3 Å². The van der Waals surface area contributed by atoms with Gasteiger partial charge in [0.05, 0.1) is 5.69 Å². The molecule has 1 atom stereocenters. The van der Waals surface area contributed by atoms with Crippen LogP contribution in [0.3, 0.4) is 0 Å². The highest BCUT2D eigenvalue weighted by Gasteiger charge is 2.20. The molecular weight excluding hydrogens is 268 g/mol. The number of nitrogens with one attached hydrogen (secondary N) is 1. The van der Waals surface area contributed by atoms with Crippen molar-refractivity contribution in [3.05, 3.63) is 16.1 Å². The van der Waals surface area contributed by atoms with Crippen molar-refractivity contribution in [1.82, 2.24) is 20.1 Å². The molecule has 1 fully saturated rings. The van der Waals surface area contributed by atoms with E-state index in [1.54, 1.807) is 11.3 Å². The van der Waals surface area contributed by atoms with Gasteiger partial charge in [0, 0.05) is 50.7 Å². The largest absolute Gasteiger partial charge is 0.311 e. The second-order valence-electron chi connectivity index (χ2n) is 5.58. The van der Waals surface area contributed by atoms with Crippen molar-refractivity contribution in [2.45, 2.75) is 46.3 Å². The van der Waals surface area contributed by atoms with Gasteiger partial charge in [-0.25, -0.2) is 4.98 Å². The van der Waals surface area contributed by atoms with Crippen LogP contribution < -0.4 is 5.32 Å². The van der Waals surface area contributed by atoms with Crippen LogP contribution in [0.4, 0.5) is 0 Å². The van der Waals surface area contributed by atoms with Crippen LogP contribution in [0.25, 0.3) is 0 Å². The molecule has 1 aromatic rings. The second-order valence-corrected chi connectivity index (χ2v) is 6.52. The lowest BCUT2D eigenvalue weighted by atomic mass is 10.2. The van der Waals surface area contributed by atoms with E-state index < -0.39 is 0 Å². The van der Waals surface area contributed by atoms with E-state index in [0.29, 0.717) is 0 Å². The molecular formula is C15H28N4S. The molecule has 20 heavy (non-hydrogen) atoms. The average molecular weight is 296 g/mol. The molecule has 0 aliphatic carbocycles. The average Bonchev–Trinajstić information content (AvgIpc) is 2.92. The van der Waals surface area contributed by atoms with E-state index in [1.165, 1.54) is 43.3 Å². The van der Waals surface area contributed by atoms with Gasteiger partial charge in [0.15, 0.2) is 0 Å². The summed E-state index contributed by atoms with van der Waals surface area (Å²) in [6.45, 7) is 14.4. The quantitative estimate of drug-likeness (QED) is 0.835. The van der Waals surface area contributed by atoms with Crippen molar-refractivity contribution in [3.8, 4) is 0 Å². The predicted octanol–water partition coefficient (Wildman–Crippen LogP) is 2.17. The third-order valence-corrected chi connectivity index (χ3v) is 5.03. The molecule has 0 radical (unpaired) electrons. The summed E-state index contributed by atoms with van der Waals surface area (Å²) in [4.78, 5) is 9.85. The molecule has 0 bridgehead atoms. The molecule has 114 valence electrons. The monoisotopic (exact) mass is 296 g/mol. The van der Waals surface area contributed by atoms with Gasteiger partial charge in [-0.1, -0.05) is 13.8 Å². The van der Waals surface area contributed by atoms with Crippen LogP contribution in [0.5, 0.6) is 0 Å². The second kappa shape index (κ2) is 8.08. The van der Waals surface area contributed by atoms with Crippen LogP contribution >= 0.6 is 11.3 Å². The maximum absolute atomic E-state index is 4.71. The standard InChI is InChI=1S/C15H28N4S/c1-4-13(3)19-8-6-18(7-9-19)11-14-12-20-15(17-14)10-16-5-2/h12-13,16H,4-11H2,1-3H3. The molecule has 0 amide bonds. The molecule has 2 rings (SSSR count). The van der Waals surface area contributed by atoms with Crippen molar-refractivity contribution in [2.75, 3.05) is 32.7 Å². The lowest BCUT2D eigenvalue weighted by molar-refractivity contribution is 0.0957. The molecule has 1 aromatic heterocycles. The molecule has 4 nitrogen and oxygen atoms in total. The van der Waals surface area contributed by atoms with E-state index in [1.807, 2.05) is 0 Å². The lowest BCUT2D eigenvalue weighted by Crippen LogP contribution is -2.49. The maximum Gasteiger partial charge on any atom is 0.107 e. The Bertz CT molecular complexity index is 385. The van der Waals surface area contributed by atoms with Crippen molar-refractivity contribution >= 4 is 11.3 Å². The minimum Gasteiger partial charge on any atom is -0.311 e. The number of hydrogen-bond donors (Lipinski definition) is 1. The first-order chi connectivity index (χ1) is 9.72. The number of nitrogens with zero attached hydrogens (tertiary/aromatic N) is 3. The molecule has 1 N–H and O–H groups in total. The smallest absolute Gasteiger partial charge is 0.107 e. The molecule has 1 aliphatic heterocycles. The number of hydrogen-bond acceptors (Lipinski definition) is 5. The van der Waals surface area contributed by atoms with Gasteiger partial charge in [-0.05, 0) is 19.9 Å². The summed E-state index contributed by atoms with van der Waals surface area (Å²) in [5.41, 5.74) is 1.24. The van der Waals surface area contributed by atoms with Crippen LogP contribution in [-0.4, -0.2) is 53.5 Å². The molecule has 1 aliphatic rings. The van der Waals surface area contributed by atoms with Gasteiger partial charge in [0.2, 0.25) is 0 Å². The first-order valence-electron chi connectivity index (χ1n) is 7.83. The van der Waals surface area contributed by atoms with Crippen LogP contribution in [0, 0.1) is 0 Å². The lowest BCUT2D eigenvalue weighted by Gasteiger charge is -2.37. The van der Waals surface area contributed by atoms with Gasteiger partial charge in [-0.2, -0.15) is 0 Å². The number of thiazole rings is 1. The van der Waals surface area contributed by atoms with Gasteiger partial charge in [-0.3, -0.25) is 9.80 Å². The molecule has 5 heteroatoms. The van der Waals surface area contributed by atoms with E-state index in [9.17, 15) is 0 Å². The SMILES string of the molecule is CCNCc1nc(CN2CCN(C(C)CC)CC2)cs1. The third kappa shape index (κ3) is 4.52. The van der Waals surface area contributed by atoms with Crippen molar-refractivity contribution in [3.63, 3.8) is 0 Å². The Balaban J connectivity index is 1.76. The minimum absolute atomic E-state index is 0.725. The first kappa shape index (κ1) is 15.9. The normalized spacial score (nSPS) is 19.4. The number of rotatable bonds is 7. The fraction of sp³-hybridized carbons (Fsp3) is 0.800. The Morgan fingerprint density at radius 3 is 2.70 bits per heavy atom. The molecule has 0 spiro atoms. The Kier molecular flexibility index (Phi) is 6.42. The fourth-order valence-corrected chi connectivity index (χ4v) is 3.34. The summed E-state index contributed by atoms with van der Waals surface area (Å²) in [6.07, 6.45) is 1.25. The van der Waals surface area contributed by atoms with Gasteiger partial charge in [0.25, 0.3) is 0 Å². The summed E-state index contributed by atoms with van der Waals surface area (Å²) >= 11 is 1.78. The molecule has 0 aromatic carbocycles. The van der Waals surface area contributed by atoms with Crippen LogP contribution in [-0.2, 0) is 13.1 Å². The summed E-state index contributed by atoms with van der Waals surface area (Å²) < 4.78 is 0. The Morgan fingerprint density at radius 2 is 2.05 bits per heavy atom. The predicted molar refractivity (Wildman–Crippen MR) is 86.1 cm³/mol. The zero-order chi connectivity index (χ0) is 14.4. The number of piperazine rings is 1. The Hall–Kier alpha value is -0.490. The topological polar surface area (TPSA) is 31.4 Å². The molecule has 0 saturated carbocycles. The van der Waals surface area contributed by atoms with Crippen LogP contribution in [0.2, 0.25) is 0 Å². The van der Waals surface area contributed by atoms with E-state index in [4.69, 9.17) is 4.98 Å². The van der Waals surface area contributed by atoms with Gasteiger partial charge in [-0.15, -0.1) is 11.3 Å². The third-order valence-electron chi connectivity index (χ3n) is 4.13. The highest BCUT2D eigenvalue weighted by atomic mass is 32.1. The van der Waals surface area contributed by atoms with Gasteiger partial charge < -0.3 is 5.32 Å². The van der Waals surface area contributed by atoms with Crippen molar-refractivity contribution in [1.29, 1.82) is 0 Å². The number of aromatic nitrogens is 1. The zero-order valence-corrected chi connectivity index (χ0v) is 13.9. The first-order valence-corrected chi connectivity index (χ1v) is 8.71. The summed E-state index contributed by atoms with van der Waals surface area (Å²) in [5, 5.41) is 6.76. The summed E-state index contributed by atoms with van der Waals surface area (Å²) in [7, 11) is 0. The highest BCUT2D eigenvalue weighted by Crippen LogP contribution is 2.14. The fourth-order valence-electron chi connectivity index (χ4n) is 2.58. The van der Waals surface area contributed by atoms with E-state index in [-0.39, 0.29) is 0 Å². The molecule has 1 unspecified atom stereocenters. The van der Waals surface area contributed by atoms with Crippen molar-refractivity contribution in [2.24, 2.45) is 0 Å². The summed E-state index contributed by atoms with van der Waals surface area (Å²) in [6, 6.07) is 0.725. The molecule has 2 heterocycles. The Morgan fingerprint density at radius 1 is 1.30 bits per heavy atom. The van der Waals surface area contributed by atoms with E-state index in [0.717, 1.165) is 25.7 Å². The van der Waals surface area contributed by atoms with Crippen LogP contribution in [0.15, 0.2) is 5.38 Å². The minimum atomic E-state index is 0.725. The van der Waals surface area contributed by atoms with Gasteiger partial charge in [0.1, 0.15) is 5.01 Å². The summed E-state index contributed by atoms with van der Waals surface area (Å²) in [5.74, 6) is 0. The Labute approximate surface area is 127 Å². The van der Waals surface area contributed by atoms with Crippen LogP contribution in [0.1, 0.15) is 37.9 Å².